The van der Waals surface area contributed by atoms with Gasteiger partial charge in [-0.3, -0.25) is 9.59 Å². The predicted molar refractivity (Wildman–Crippen MR) is 79.2 cm³/mol. The summed E-state index contributed by atoms with van der Waals surface area (Å²) in [5.74, 6) is -2.19. The van der Waals surface area contributed by atoms with E-state index in [0.717, 1.165) is 0 Å². The van der Waals surface area contributed by atoms with Gasteiger partial charge in [0.2, 0.25) is 5.91 Å². The first-order chi connectivity index (χ1) is 9.95. The summed E-state index contributed by atoms with van der Waals surface area (Å²) in [6.45, 7) is 2.22. The van der Waals surface area contributed by atoms with Gasteiger partial charge in [0, 0.05) is 13.0 Å². The molecule has 1 aromatic rings. The van der Waals surface area contributed by atoms with Crippen molar-refractivity contribution in [1.82, 2.24) is 4.90 Å². The molecule has 2 rings (SSSR count). The fraction of sp³-hybridized carbons (Fsp3) is 0.467. The van der Waals surface area contributed by atoms with Gasteiger partial charge in [-0.05, 0) is 53.4 Å². The van der Waals surface area contributed by atoms with E-state index in [9.17, 15) is 19.1 Å². The van der Waals surface area contributed by atoms with E-state index < -0.39 is 23.7 Å². The molecule has 1 N–H and O–H groups in total. The zero-order valence-corrected chi connectivity index (χ0v) is 13.3. The van der Waals surface area contributed by atoms with Crippen LogP contribution in [0.5, 0.6) is 0 Å². The maximum absolute atomic E-state index is 13.8. The Morgan fingerprint density at radius 1 is 1.52 bits per heavy atom. The third kappa shape index (κ3) is 3.26. The van der Waals surface area contributed by atoms with Crippen molar-refractivity contribution >= 4 is 27.8 Å². The molecule has 2 atom stereocenters. The number of carbonyl (C=O) groups excluding carboxylic acids is 1. The number of carboxylic acid groups (broad SMARTS) is 1. The molecule has 1 aromatic carbocycles. The molecule has 0 radical (unpaired) electrons. The van der Waals surface area contributed by atoms with Gasteiger partial charge >= 0.3 is 5.97 Å². The van der Waals surface area contributed by atoms with Gasteiger partial charge in [-0.1, -0.05) is 6.07 Å². The highest BCUT2D eigenvalue weighted by atomic mass is 79.9. The van der Waals surface area contributed by atoms with Crippen molar-refractivity contribution < 1.29 is 19.1 Å². The number of rotatable bonds is 3. The summed E-state index contributed by atoms with van der Waals surface area (Å²) in [5.41, 5.74) is 0.528. The quantitative estimate of drug-likeness (QED) is 0.902. The maximum atomic E-state index is 13.8. The summed E-state index contributed by atoms with van der Waals surface area (Å²) in [6.07, 6.45) is 1.30. The lowest BCUT2D eigenvalue weighted by Crippen LogP contribution is -2.38. The summed E-state index contributed by atoms with van der Waals surface area (Å²) in [6, 6.07) is 3.92. The van der Waals surface area contributed by atoms with Crippen LogP contribution in [0, 0.1) is 11.7 Å². The van der Waals surface area contributed by atoms with Gasteiger partial charge in [-0.25, -0.2) is 4.39 Å². The van der Waals surface area contributed by atoms with Crippen LogP contribution < -0.4 is 0 Å². The van der Waals surface area contributed by atoms with Gasteiger partial charge in [0.25, 0.3) is 0 Å². The van der Waals surface area contributed by atoms with E-state index in [1.807, 2.05) is 6.92 Å². The van der Waals surface area contributed by atoms with Crippen LogP contribution in [0.3, 0.4) is 0 Å². The fourth-order valence-electron chi connectivity index (χ4n) is 2.89. The molecule has 114 valence electrons. The van der Waals surface area contributed by atoms with Crippen LogP contribution in [-0.2, 0) is 9.59 Å². The zero-order valence-electron chi connectivity index (χ0n) is 11.7. The average Bonchev–Trinajstić information content (AvgIpc) is 2.60. The first kappa shape index (κ1) is 15.9. The third-order valence-corrected chi connectivity index (χ3v) is 4.53. The van der Waals surface area contributed by atoms with E-state index >= 15 is 0 Å². The van der Waals surface area contributed by atoms with Crippen LogP contribution >= 0.6 is 15.9 Å². The van der Waals surface area contributed by atoms with E-state index in [2.05, 4.69) is 15.9 Å². The Bertz CT molecular complexity index is 562. The van der Waals surface area contributed by atoms with E-state index in [1.165, 1.54) is 6.07 Å². The Morgan fingerprint density at radius 2 is 2.24 bits per heavy atom. The predicted octanol–water partition coefficient (Wildman–Crippen LogP) is 3.36. The topological polar surface area (TPSA) is 57.6 Å². The minimum atomic E-state index is -0.948. The van der Waals surface area contributed by atoms with Gasteiger partial charge in [-0.2, -0.15) is 0 Å². The van der Waals surface area contributed by atoms with Gasteiger partial charge in [0.15, 0.2) is 0 Å². The minimum absolute atomic E-state index is 0.0745. The summed E-state index contributed by atoms with van der Waals surface area (Å²) >= 11 is 3.09. The van der Waals surface area contributed by atoms with Crippen LogP contribution in [0.1, 0.15) is 37.8 Å². The number of hydrogen-bond acceptors (Lipinski definition) is 2. The number of benzene rings is 1. The first-order valence-corrected chi connectivity index (χ1v) is 7.72. The first-order valence-electron chi connectivity index (χ1n) is 6.93. The second-order valence-electron chi connectivity index (χ2n) is 5.14. The molecular formula is C15H17BrFNO3. The molecule has 1 aliphatic heterocycles. The van der Waals surface area contributed by atoms with Crippen molar-refractivity contribution in [2.45, 2.75) is 32.2 Å². The number of aliphatic carboxylic acids is 1. The molecule has 0 bridgehead atoms. The largest absolute Gasteiger partial charge is 0.481 e. The second kappa shape index (κ2) is 6.56. The smallest absolute Gasteiger partial charge is 0.308 e. The lowest BCUT2D eigenvalue weighted by molar-refractivity contribution is -0.146. The lowest BCUT2D eigenvalue weighted by Gasteiger charge is -2.33. The van der Waals surface area contributed by atoms with Crippen LogP contribution in [-0.4, -0.2) is 28.4 Å². The lowest BCUT2D eigenvalue weighted by atomic mass is 9.89. The Hall–Kier alpha value is -1.43. The van der Waals surface area contributed by atoms with Crippen molar-refractivity contribution in [3.63, 3.8) is 0 Å². The van der Waals surface area contributed by atoms with Crippen LogP contribution in [0.25, 0.3) is 0 Å². The molecule has 6 heteroatoms. The number of likely N-dealkylation sites (tertiary alicyclic amines) is 1. The summed E-state index contributed by atoms with van der Waals surface area (Å²) < 4.78 is 14.1. The van der Waals surface area contributed by atoms with E-state index in [-0.39, 0.29) is 5.91 Å². The number of nitrogens with zero attached hydrogens (tertiary/aromatic N) is 1. The summed E-state index contributed by atoms with van der Waals surface area (Å²) in [5, 5.41) is 9.48. The summed E-state index contributed by atoms with van der Waals surface area (Å²) in [7, 11) is 0. The highest BCUT2D eigenvalue weighted by molar-refractivity contribution is 9.10. The van der Waals surface area contributed by atoms with Crippen molar-refractivity contribution in [1.29, 1.82) is 0 Å². The summed E-state index contributed by atoms with van der Waals surface area (Å²) in [4.78, 5) is 25.3. The van der Waals surface area contributed by atoms with Gasteiger partial charge in [-0.15, -0.1) is 0 Å². The molecule has 21 heavy (non-hydrogen) atoms. The number of carboxylic acids is 1. The number of halogens is 2. The normalized spacial score (nSPS) is 23.0. The average molecular weight is 358 g/mol. The van der Waals surface area contributed by atoms with Crippen LogP contribution in [0.15, 0.2) is 22.7 Å². The standard InChI is InChI=1S/C15H17BrFNO3/c1-2-18-13(19)5-3-4-10(15(20)21)14(18)9-6-7-11(16)12(17)8-9/h6-8,10,14H,2-5H2,1H3,(H,20,21). The molecule has 2 unspecified atom stereocenters. The second-order valence-corrected chi connectivity index (χ2v) is 5.99. The Kier molecular flexibility index (Phi) is 4.98. The number of hydrogen-bond donors (Lipinski definition) is 1. The molecule has 1 heterocycles. The van der Waals surface area contributed by atoms with Gasteiger partial charge in [0.05, 0.1) is 16.4 Å². The number of amides is 1. The van der Waals surface area contributed by atoms with Gasteiger partial charge in [0.1, 0.15) is 5.82 Å². The molecule has 0 spiro atoms. The molecule has 0 saturated carbocycles. The highest BCUT2D eigenvalue weighted by Crippen LogP contribution is 2.36. The Labute approximate surface area is 131 Å². The maximum Gasteiger partial charge on any atom is 0.308 e. The fourth-order valence-corrected chi connectivity index (χ4v) is 3.13. The van der Waals surface area contributed by atoms with Crippen molar-refractivity contribution in [3.05, 3.63) is 34.1 Å². The molecule has 1 amide bonds. The Morgan fingerprint density at radius 3 is 2.81 bits per heavy atom. The molecule has 1 aliphatic rings. The molecule has 4 nitrogen and oxygen atoms in total. The van der Waals surface area contributed by atoms with E-state index in [1.54, 1.807) is 17.0 Å². The third-order valence-electron chi connectivity index (χ3n) is 3.89. The van der Waals surface area contributed by atoms with E-state index in [0.29, 0.717) is 35.8 Å². The van der Waals surface area contributed by atoms with Crippen LogP contribution in [0.2, 0.25) is 0 Å². The van der Waals surface area contributed by atoms with E-state index in [4.69, 9.17) is 0 Å². The van der Waals surface area contributed by atoms with Gasteiger partial charge < -0.3 is 10.0 Å². The molecule has 0 aliphatic carbocycles. The highest BCUT2D eigenvalue weighted by Gasteiger charge is 2.38. The van der Waals surface area contributed by atoms with Crippen LogP contribution in [0.4, 0.5) is 4.39 Å². The number of carbonyl (C=O) groups is 2. The SMILES string of the molecule is CCN1C(=O)CCCC(C(=O)O)C1c1ccc(Br)c(F)c1. The zero-order chi connectivity index (χ0) is 15.6. The molecule has 1 saturated heterocycles. The molecule has 1 fully saturated rings. The Balaban J connectivity index is 2.50. The molecule has 0 aromatic heterocycles. The van der Waals surface area contributed by atoms with Crippen molar-refractivity contribution in [2.75, 3.05) is 6.54 Å². The van der Waals surface area contributed by atoms with Crippen molar-refractivity contribution in [2.24, 2.45) is 5.92 Å². The monoisotopic (exact) mass is 357 g/mol. The van der Waals surface area contributed by atoms with Crippen molar-refractivity contribution in [3.8, 4) is 0 Å². The minimum Gasteiger partial charge on any atom is -0.481 e. The molecular weight excluding hydrogens is 341 g/mol.